The number of ether oxygens (including phenoxy) is 1. The van der Waals surface area contributed by atoms with Crippen molar-refractivity contribution in [3.8, 4) is 0 Å². The molecular formula is C22H27N5O3S. The van der Waals surface area contributed by atoms with Crippen molar-refractivity contribution in [2.24, 2.45) is 0 Å². The molecule has 0 bridgehead atoms. The second-order valence-corrected chi connectivity index (χ2v) is 8.13. The molecule has 3 aromatic rings. The summed E-state index contributed by atoms with van der Waals surface area (Å²) in [7, 11) is 1.57. The van der Waals surface area contributed by atoms with Gasteiger partial charge in [-0.05, 0) is 18.9 Å². The summed E-state index contributed by atoms with van der Waals surface area (Å²) in [6.45, 7) is 4.07. The van der Waals surface area contributed by atoms with Gasteiger partial charge >= 0.3 is 0 Å². The van der Waals surface area contributed by atoms with Gasteiger partial charge in [0.15, 0.2) is 5.13 Å². The molecule has 9 heteroatoms. The van der Waals surface area contributed by atoms with Gasteiger partial charge in [-0.1, -0.05) is 41.2 Å². The standard InChI is InChI=1S/C22H27N5O3S/c1-17-4-6-18(7-5-17)15-27(20(28)8-13-30-2)22-25-14-19(31-22)21(29)24-9-3-11-26-12-10-23-16-26/h4-7,10,12,14,16H,3,8-9,11,13,15H2,1-2H3,(H,24,29). The lowest BCUT2D eigenvalue weighted by Crippen LogP contribution is -2.31. The van der Waals surface area contributed by atoms with Crippen molar-refractivity contribution in [1.82, 2.24) is 19.9 Å². The summed E-state index contributed by atoms with van der Waals surface area (Å²) in [5, 5.41) is 3.41. The van der Waals surface area contributed by atoms with Crippen LogP contribution in [0.4, 0.5) is 5.13 Å². The van der Waals surface area contributed by atoms with Crippen molar-refractivity contribution in [2.45, 2.75) is 32.9 Å². The van der Waals surface area contributed by atoms with Gasteiger partial charge < -0.3 is 14.6 Å². The van der Waals surface area contributed by atoms with Gasteiger partial charge in [0, 0.05) is 32.6 Å². The molecule has 0 aliphatic heterocycles. The van der Waals surface area contributed by atoms with Crippen LogP contribution in [-0.2, 0) is 22.6 Å². The molecule has 0 unspecified atom stereocenters. The predicted molar refractivity (Wildman–Crippen MR) is 120 cm³/mol. The maximum absolute atomic E-state index is 12.8. The number of carbonyl (C=O) groups is 2. The van der Waals surface area contributed by atoms with E-state index in [1.54, 1.807) is 24.5 Å². The van der Waals surface area contributed by atoms with Gasteiger partial charge in [0.25, 0.3) is 5.91 Å². The number of carbonyl (C=O) groups excluding carboxylic acids is 2. The Morgan fingerprint density at radius 1 is 1.26 bits per heavy atom. The zero-order valence-corrected chi connectivity index (χ0v) is 18.6. The van der Waals surface area contributed by atoms with Crippen LogP contribution in [0.15, 0.2) is 49.2 Å². The Balaban J connectivity index is 1.63. The SMILES string of the molecule is COCCC(=O)N(Cc1ccc(C)cc1)c1ncc(C(=O)NCCCn2ccnc2)s1. The quantitative estimate of drug-likeness (QED) is 0.462. The van der Waals surface area contributed by atoms with E-state index in [0.717, 1.165) is 24.1 Å². The van der Waals surface area contributed by atoms with Crippen molar-refractivity contribution in [3.05, 3.63) is 65.2 Å². The van der Waals surface area contributed by atoms with Crippen molar-refractivity contribution in [3.63, 3.8) is 0 Å². The molecule has 0 spiro atoms. The number of methoxy groups -OCH3 is 1. The largest absolute Gasteiger partial charge is 0.384 e. The summed E-state index contributed by atoms with van der Waals surface area (Å²) in [6, 6.07) is 8.01. The highest BCUT2D eigenvalue weighted by molar-refractivity contribution is 7.17. The number of amides is 2. The number of nitrogens with zero attached hydrogens (tertiary/aromatic N) is 4. The van der Waals surface area contributed by atoms with Crippen LogP contribution in [0.2, 0.25) is 0 Å². The van der Waals surface area contributed by atoms with E-state index in [4.69, 9.17) is 4.74 Å². The summed E-state index contributed by atoms with van der Waals surface area (Å²) in [5.74, 6) is -0.280. The predicted octanol–water partition coefficient (Wildman–Crippen LogP) is 3.04. The molecule has 0 atom stereocenters. The normalized spacial score (nSPS) is 10.8. The molecule has 8 nitrogen and oxygen atoms in total. The number of aromatic nitrogens is 3. The van der Waals surface area contributed by atoms with Crippen LogP contribution in [-0.4, -0.2) is 46.6 Å². The van der Waals surface area contributed by atoms with Gasteiger partial charge in [0.2, 0.25) is 5.91 Å². The molecule has 0 saturated heterocycles. The minimum absolute atomic E-state index is 0.0935. The maximum Gasteiger partial charge on any atom is 0.263 e. The fraction of sp³-hybridized carbons (Fsp3) is 0.364. The molecule has 2 heterocycles. The monoisotopic (exact) mass is 441 g/mol. The summed E-state index contributed by atoms with van der Waals surface area (Å²) < 4.78 is 7.02. The van der Waals surface area contributed by atoms with E-state index in [1.165, 1.54) is 17.5 Å². The third kappa shape index (κ3) is 6.73. The molecule has 0 fully saturated rings. The van der Waals surface area contributed by atoms with Gasteiger partial charge in [-0.2, -0.15) is 0 Å². The first-order valence-electron chi connectivity index (χ1n) is 10.1. The first-order chi connectivity index (χ1) is 15.1. The number of hydrogen-bond acceptors (Lipinski definition) is 6. The molecular weight excluding hydrogens is 414 g/mol. The van der Waals surface area contributed by atoms with E-state index in [2.05, 4.69) is 15.3 Å². The van der Waals surface area contributed by atoms with Gasteiger partial charge in [-0.15, -0.1) is 0 Å². The molecule has 0 radical (unpaired) electrons. The van der Waals surface area contributed by atoms with E-state index < -0.39 is 0 Å². The van der Waals surface area contributed by atoms with E-state index in [0.29, 0.717) is 29.7 Å². The Bertz CT molecular complexity index is 969. The fourth-order valence-corrected chi connectivity index (χ4v) is 3.78. The number of anilines is 1. The van der Waals surface area contributed by atoms with Crippen LogP contribution in [0, 0.1) is 6.92 Å². The van der Waals surface area contributed by atoms with Crippen molar-refractivity contribution in [1.29, 1.82) is 0 Å². The third-order valence-corrected chi connectivity index (χ3v) is 5.69. The lowest BCUT2D eigenvalue weighted by Gasteiger charge is -2.20. The number of aryl methyl sites for hydroxylation is 2. The van der Waals surface area contributed by atoms with Crippen LogP contribution in [0.5, 0.6) is 0 Å². The molecule has 164 valence electrons. The number of thiazole rings is 1. The van der Waals surface area contributed by atoms with Crippen LogP contribution in [0.25, 0.3) is 0 Å². The Morgan fingerprint density at radius 2 is 2.06 bits per heavy atom. The summed E-state index contributed by atoms with van der Waals surface area (Å²) in [6.07, 6.45) is 7.94. The van der Waals surface area contributed by atoms with Crippen molar-refractivity contribution >= 4 is 28.3 Å². The second-order valence-electron chi connectivity index (χ2n) is 7.13. The van der Waals surface area contributed by atoms with Gasteiger partial charge in [0.05, 0.1) is 32.1 Å². The van der Waals surface area contributed by atoms with Crippen LogP contribution in [0.1, 0.15) is 33.6 Å². The highest BCUT2D eigenvalue weighted by atomic mass is 32.1. The number of imidazole rings is 1. The van der Waals surface area contributed by atoms with Crippen molar-refractivity contribution < 1.29 is 14.3 Å². The Morgan fingerprint density at radius 3 is 2.77 bits per heavy atom. The minimum atomic E-state index is -0.186. The first-order valence-corrected chi connectivity index (χ1v) is 10.9. The highest BCUT2D eigenvalue weighted by Crippen LogP contribution is 2.25. The number of nitrogens with one attached hydrogen (secondary N) is 1. The van der Waals surface area contributed by atoms with E-state index in [-0.39, 0.29) is 18.2 Å². The number of benzene rings is 1. The zero-order valence-electron chi connectivity index (χ0n) is 17.8. The van der Waals surface area contributed by atoms with Crippen molar-refractivity contribution in [2.75, 3.05) is 25.2 Å². The lowest BCUT2D eigenvalue weighted by atomic mass is 10.1. The van der Waals surface area contributed by atoms with E-state index >= 15 is 0 Å². The zero-order chi connectivity index (χ0) is 22.1. The van der Waals surface area contributed by atoms with Gasteiger partial charge in [-0.25, -0.2) is 9.97 Å². The highest BCUT2D eigenvalue weighted by Gasteiger charge is 2.21. The minimum Gasteiger partial charge on any atom is -0.384 e. The molecule has 1 N–H and O–H groups in total. The maximum atomic E-state index is 12.8. The van der Waals surface area contributed by atoms with Crippen LogP contribution in [0.3, 0.4) is 0 Å². The number of rotatable bonds is 11. The average molecular weight is 442 g/mol. The summed E-state index contributed by atoms with van der Waals surface area (Å²) in [4.78, 5) is 35.7. The van der Waals surface area contributed by atoms with Gasteiger partial charge in [0.1, 0.15) is 4.88 Å². The second kappa shape index (κ2) is 11.4. The van der Waals surface area contributed by atoms with E-state index in [9.17, 15) is 9.59 Å². The number of hydrogen-bond donors (Lipinski definition) is 1. The third-order valence-electron chi connectivity index (χ3n) is 4.67. The molecule has 2 aromatic heterocycles. The Kier molecular flexibility index (Phi) is 8.31. The molecule has 3 rings (SSSR count). The fourth-order valence-electron chi connectivity index (χ4n) is 2.93. The summed E-state index contributed by atoms with van der Waals surface area (Å²) in [5.41, 5.74) is 2.15. The molecule has 0 aliphatic carbocycles. The Hall–Kier alpha value is -3.04. The smallest absolute Gasteiger partial charge is 0.263 e. The van der Waals surface area contributed by atoms with Crippen LogP contribution < -0.4 is 10.2 Å². The van der Waals surface area contributed by atoms with Crippen LogP contribution >= 0.6 is 11.3 Å². The molecule has 0 aliphatic rings. The lowest BCUT2D eigenvalue weighted by molar-refractivity contribution is -0.119. The first kappa shape index (κ1) is 22.6. The summed E-state index contributed by atoms with van der Waals surface area (Å²) >= 11 is 1.21. The van der Waals surface area contributed by atoms with Gasteiger partial charge in [-0.3, -0.25) is 14.5 Å². The molecule has 1 aromatic carbocycles. The average Bonchev–Trinajstić information content (AvgIpc) is 3.47. The Labute approximate surface area is 185 Å². The molecule has 31 heavy (non-hydrogen) atoms. The molecule has 2 amide bonds. The van der Waals surface area contributed by atoms with E-state index in [1.807, 2.05) is 42.0 Å². The topological polar surface area (TPSA) is 89.4 Å². The molecule has 0 saturated carbocycles.